The lowest BCUT2D eigenvalue weighted by atomic mass is 10.2. The highest BCUT2D eigenvalue weighted by atomic mass is 15.4. The minimum absolute atomic E-state index is 1.11. The van der Waals surface area contributed by atoms with E-state index in [1.165, 1.54) is 83.5 Å². The number of hydrogen-bond donors (Lipinski definition) is 0. The number of rotatable bonds is 14. The molecule has 0 aromatic carbocycles. The van der Waals surface area contributed by atoms with Crippen molar-refractivity contribution < 1.29 is 4.58 Å². The molecule has 24 heavy (non-hydrogen) atoms. The van der Waals surface area contributed by atoms with E-state index < -0.39 is 0 Å². The van der Waals surface area contributed by atoms with Crippen molar-refractivity contribution in [3.8, 4) is 0 Å². The Morgan fingerprint density at radius 1 is 0.583 bits per heavy atom. The summed E-state index contributed by atoms with van der Waals surface area (Å²) in [5, 5.41) is 0. The molecule has 0 aliphatic heterocycles. The van der Waals surface area contributed by atoms with E-state index in [4.69, 9.17) is 0 Å². The molecular weight excluding hydrogens is 294 g/mol. The Balaban J connectivity index is 5.65. The van der Waals surface area contributed by atoms with Crippen molar-refractivity contribution in [2.24, 2.45) is 0 Å². The van der Waals surface area contributed by atoms with E-state index in [9.17, 15) is 0 Å². The number of hydrogen-bond acceptors (Lipinski definition) is 0. The van der Waals surface area contributed by atoms with Crippen molar-refractivity contribution in [1.82, 2.24) is 9.80 Å². The fraction of sp³-hybridized carbons (Fsp3) is 0.952. The van der Waals surface area contributed by atoms with E-state index in [0.29, 0.717) is 0 Å². The van der Waals surface area contributed by atoms with Gasteiger partial charge in [-0.3, -0.25) is 14.4 Å². The van der Waals surface area contributed by atoms with Crippen LogP contribution in [0.4, 0.5) is 0 Å². The molecule has 0 saturated carbocycles. The smallest absolute Gasteiger partial charge is 0.265 e. The molecule has 0 aliphatic rings. The summed E-state index contributed by atoms with van der Waals surface area (Å²) in [6.07, 6.45) is 10.3. The van der Waals surface area contributed by atoms with E-state index in [1.807, 2.05) is 0 Å². The molecule has 0 heterocycles. The number of nitrogens with zero attached hydrogens (tertiary/aromatic N) is 3. The summed E-state index contributed by atoms with van der Waals surface area (Å²) in [4.78, 5) is 5.29. The van der Waals surface area contributed by atoms with Gasteiger partial charge in [-0.2, -0.15) is 0 Å². The predicted molar refractivity (Wildman–Crippen MR) is 109 cm³/mol. The molecule has 144 valence electrons. The largest absolute Gasteiger partial charge is 0.350 e. The Bertz CT molecular complexity index is 290. The quantitative estimate of drug-likeness (QED) is 0.244. The fourth-order valence-corrected chi connectivity index (χ4v) is 3.13. The van der Waals surface area contributed by atoms with Gasteiger partial charge in [-0.1, -0.05) is 53.4 Å². The molecule has 3 heteroatoms. The van der Waals surface area contributed by atoms with Crippen LogP contribution in [0.5, 0.6) is 0 Å². The summed E-state index contributed by atoms with van der Waals surface area (Å²) in [6.45, 7) is 20.9. The van der Waals surface area contributed by atoms with Gasteiger partial charge in [-0.05, 0) is 39.5 Å². The van der Waals surface area contributed by atoms with Crippen LogP contribution in [0.1, 0.15) is 92.9 Å². The monoisotopic (exact) mass is 340 g/mol. The van der Waals surface area contributed by atoms with Crippen LogP contribution in [0.25, 0.3) is 0 Å². The normalized spacial score (nSPS) is 10.8. The molecule has 0 unspecified atom stereocenters. The van der Waals surface area contributed by atoms with Gasteiger partial charge in [0.1, 0.15) is 0 Å². The van der Waals surface area contributed by atoms with Gasteiger partial charge < -0.3 is 0 Å². The number of guanidine groups is 1. The third-order valence-electron chi connectivity index (χ3n) is 4.74. The summed E-state index contributed by atoms with van der Waals surface area (Å²) >= 11 is 0. The van der Waals surface area contributed by atoms with Gasteiger partial charge in [0.15, 0.2) is 0 Å². The molecule has 0 aliphatic carbocycles. The summed E-state index contributed by atoms with van der Waals surface area (Å²) < 4.78 is 2.70. The third kappa shape index (κ3) is 8.94. The van der Waals surface area contributed by atoms with Crippen molar-refractivity contribution in [3.63, 3.8) is 0 Å². The van der Waals surface area contributed by atoms with Crippen LogP contribution >= 0.6 is 0 Å². The molecule has 0 bridgehead atoms. The Morgan fingerprint density at radius 3 is 1.33 bits per heavy atom. The minimum atomic E-state index is 1.11. The fourth-order valence-electron chi connectivity index (χ4n) is 3.13. The first kappa shape index (κ1) is 23.3. The lowest BCUT2D eigenvalue weighted by Gasteiger charge is -2.30. The molecule has 0 aromatic rings. The molecule has 0 radical (unpaired) electrons. The molecule has 0 N–H and O–H groups in total. The van der Waals surface area contributed by atoms with Gasteiger partial charge >= 0.3 is 5.96 Å². The highest BCUT2D eigenvalue weighted by Crippen LogP contribution is 2.08. The summed E-state index contributed by atoms with van der Waals surface area (Å²) in [6, 6.07) is 0. The molecule has 3 nitrogen and oxygen atoms in total. The SMILES string of the molecule is CCCCN(CCCC)C(N(CC)CC)=[N+](CCCC)CCCC. The zero-order valence-electron chi connectivity index (χ0n) is 17.7. The zero-order valence-corrected chi connectivity index (χ0v) is 17.7. The van der Waals surface area contributed by atoms with Gasteiger partial charge in [0.2, 0.25) is 0 Å². The predicted octanol–water partition coefficient (Wildman–Crippen LogP) is 5.20. The van der Waals surface area contributed by atoms with Gasteiger partial charge in [-0.15, -0.1) is 0 Å². The number of unbranched alkanes of at least 4 members (excludes halogenated alkanes) is 4. The van der Waals surface area contributed by atoms with Crippen molar-refractivity contribution in [2.45, 2.75) is 92.9 Å². The average molecular weight is 341 g/mol. The van der Waals surface area contributed by atoms with Crippen LogP contribution in [-0.4, -0.2) is 59.6 Å². The molecule has 0 rings (SSSR count). The summed E-state index contributed by atoms with van der Waals surface area (Å²) in [5.41, 5.74) is 0. The van der Waals surface area contributed by atoms with E-state index in [2.05, 4.69) is 55.9 Å². The van der Waals surface area contributed by atoms with Gasteiger partial charge in [0.25, 0.3) is 0 Å². The summed E-state index contributed by atoms with van der Waals surface area (Å²) in [5.74, 6) is 1.52. The average Bonchev–Trinajstić information content (AvgIpc) is 2.61. The van der Waals surface area contributed by atoms with Crippen LogP contribution in [0.3, 0.4) is 0 Å². The summed E-state index contributed by atoms with van der Waals surface area (Å²) in [7, 11) is 0. The molecule has 0 spiro atoms. The molecule has 0 saturated heterocycles. The first-order valence-corrected chi connectivity index (χ1v) is 10.8. The lowest BCUT2D eigenvalue weighted by molar-refractivity contribution is -0.539. The van der Waals surface area contributed by atoms with Crippen LogP contribution in [0.15, 0.2) is 0 Å². The molecule has 0 fully saturated rings. The molecule has 0 amide bonds. The van der Waals surface area contributed by atoms with Gasteiger partial charge in [0, 0.05) is 0 Å². The van der Waals surface area contributed by atoms with Gasteiger partial charge in [0.05, 0.1) is 39.3 Å². The highest BCUT2D eigenvalue weighted by molar-refractivity contribution is 5.75. The maximum atomic E-state index is 2.70. The van der Waals surface area contributed by atoms with Crippen LogP contribution in [0.2, 0.25) is 0 Å². The third-order valence-corrected chi connectivity index (χ3v) is 4.74. The second-order valence-electron chi connectivity index (χ2n) is 6.86. The van der Waals surface area contributed by atoms with E-state index in [0.717, 1.165) is 13.1 Å². The van der Waals surface area contributed by atoms with E-state index >= 15 is 0 Å². The zero-order chi connectivity index (χ0) is 18.2. The Kier molecular flexibility index (Phi) is 15.3. The minimum Gasteiger partial charge on any atom is -0.265 e. The maximum Gasteiger partial charge on any atom is 0.350 e. The van der Waals surface area contributed by atoms with Crippen molar-refractivity contribution in [2.75, 3.05) is 39.3 Å². The standard InChI is InChI=1S/C21H46N3/c1-7-13-17-23(18-14-8-2)21(22(11-5)12-6)24(19-15-9-3)20-16-10-4/h7-20H2,1-6H3/q+1. The highest BCUT2D eigenvalue weighted by Gasteiger charge is 2.26. The van der Waals surface area contributed by atoms with Crippen LogP contribution < -0.4 is 0 Å². The second-order valence-corrected chi connectivity index (χ2v) is 6.86. The van der Waals surface area contributed by atoms with Crippen molar-refractivity contribution in [1.29, 1.82) is 0 Å². The van der Waals surface area contributed by atoms with Crippen LogP contribution in [0, 0.1) is 0 Å². The van der Waals surface area contributed by atoms with E-state index in [1.54, 1.807) is 0 Å². The van der Waals surface area contributed by atoms with E-state index in [-0.39, 0.29) is 0 Å². The Morgan fingerprint density at radius 2 is 1.00 bits per heavy atom. The van der Waals surface area contributed by atoms with Crippen molar-refractivity contribution >= 4 is 5.96 Å². The Labute approximate surface area is 153 Å². The molecule has 0 aromatic heterocycles. The molecular formula is C21H46N3+. The van der Waals surface area contributed by atoms with Crippen molar-refractivity contribution in [3.05, 3.63) is 0 Å². The first-order valence-electron chi connectivity index (χ1n) is 10.8. The molecule has 0 atom stereocenters. The topological polar surface area (TPSA) is 9.49 Å². The van der Waals surface area contributed by atoms with Crippen LogP contribution in [-0.2, 0) is 0 Å². The first-order chi connectivity index (χ1) is 11.7. The van der Waals surface area contributed by atoms with Gasteiger partial charge in [-0.25, -0.2) is 0 Å². The maximum absolute atomic E-state index is 2.70. The lowest BCUT2D eigenvalue weighted by Crippen LogP contribution is -2.51. The Hall–Kier alpha value is -0.730. The second kappa shape index (κ2) is 15.8.